The third kappa shape index (κ3) is 7.71. The molecule has 0 saturated carbocycles. The summed E-state index contributed by atoms with van der Waals surface area (Å²) in [5.41, 5.74) is 2.46. The summed E-state index contributed by atoms with van der Waals surface area (Å²) < 4.78 is 11.7. The van der Waals surface area contributed by atoms with Gasteiger partial charge in [0.2, 0.25) is 0 Å². The van der Waals surface area contributed by atoms with Crippen molar-refractivity contribution < 1.29 is 14.3 Å². The van der Waals surface area contributed by atoms with Crippen molar-refractivity contribution in [3.05, 3.63) is 64.0 Å². The maximum Gasteiger partial charge on any atom is 0.271 e. The Labute approximate surface area is 192 Å². The number of methoxy groups -OCH3 is 1. The zero-order valence-corrected chi connectivity index (χ0v) is 20.1. The molecule has 1 aromatic heterocycles. The summed E-state index contributed by atoms with van der Waals surface area (Å²) in [6.45, 7) is 8.77. The topological polar surface area (TPSA) is 96.3 Å². The highest BCUT2D eigenvalue weighted by Gasteiger charge is 2.25. The number of rotatable bonds is 7. The summed E-state index contributed by atoms with van der Waals surface area (Å²) in [5, 5.41) is 11.6. The molecule has 3 N–H and O–H groups in total. The molecule has 1 aliphatic heterocycles. The maximum absolute atomic E-state index is 12.7. The summed E-state index contributed by atoms with van der Waals surface area (Å²) in [6, 6.07) is 9.59. The molecule has 0 aliphatic carbocycles. The molecule has 0 unspecified atom stereocenters. The molecule has 31 heavy (non-hydrogen) atoms. The van der Waals surface area contributed by atoms with Gasteiger partial charge in [0, 0.05) is 24.0 Å². The third-order valence-electron chi connectivity index (χ3n) is 4.33. The van der Waals surface area contributed by atoms with Crippen LogP contribution >= 0.6 is 15.9 Å². The molecule has 1 amide bonds. The fraction of sp³-hybridized carbons (Fsp3) is 0.348. The minimum atomic E-state index is -0.170. The molecule has 0 bridgehead atoms. The lowest BCUT2D eigenvalue weighted by atomic mass is 10.1. The number of benzene rings is 1. The van der Waals surface area contributed by atoms with E-state index in [0.717, 1.165) is 28.6 Å². The van der Waals surface area contributed by atoms with Crippen LogP contribution in [0.25, 0.3) is 5.76 Å². The van der Waals surface area contributed by atoms with E-state index in [-0.39, 0.29) is 18.7 Å². The lowest BCUT2D eigenvalue weighted by Gasteiger charge is -2.15. The van der Waals surface area contributed by atoms with Crippen LogP contribution in [0, 0.1) is 5.41 Å². The van der Waals surface area contributed by atoms with Crippen molar-refractivity contribution >= 4 is 34.3 Å². The Kier molecular flexibility index (Phi) is 12.0. The summed E-state index contributed by atoms with van der Waals surface area (Å²) in [5.74, 6) is 1.09. The number of hydrogen-bond donors (Lipinski definition) is 3. The minimum absolute atomic E-state index is 0.0319. The Balaban J connectivity index is 0.00000113. The van der Waals surface area contributed by atoms with Gasteiger partial charge in [-0.25, -0.2) is 0 Å². The predicted octanol–water partition coefficient (Wildman–Crippen LogP) is 4.53. The first kappa shape index (κ1) is 26.2. The van der Waals surface area contributed by atoms with E-state index in [9.17, 15) is 4.79 Å². The van der Waals surface area contributed by atoms with E-state index in [1.54, 1.807) is 19.5 Å². The minimum Gasteiger partial charge on any atom is -0.496 e. The van der Waals surface area contributed by atoms with Crippen LogP contribution in [0.4, 0.5) is 0 Å². The van der Waals surface area contributed by atoms with Gasteiger partial charge in [-0.05, 0) is 78.3 Å². The standard InChI is InChI=1S/C20H22BrN3O3.C2H6.CH3N/c1-13(3-4-14-7-9-22-10-8-14)24-20(25)18-19(27-12-23-18)15-5-6-17(26-2)16(21)11-15;2*1-2/h5-11,13,23H,3-4,12H2,1-2H3,(H,24,25);1-2H3;2H,1H2/t13-;;/m0../s1. The van der Waals surface area contributed by atoms with Crippen LogP contribution in [-0.2, 0) is 16.0 Å². The molecule has 3 rings (SSSR count). The van der Waals surface area contributed by atoms with Gasteiger partial charge in [0.25, 0.3) is 5.91 Å². The molecule has 2 aromatic rings. The highest BCUT2D eigenvalue weighted by atomic mass is 79.9. The second kappa shape index (κ2) is 14.2. The number of carbonyl (C=O) groups is 1. The Morgan fingerprint density at radius 3 is 2.61 bits per heavy atom. The number of carbonyl (C=O) groups excluding carboxylic acids is 1. The number of ether oxygens (including phenoxy) is 2. The van der Waals surface area contributed by atoms with E-state index in [1.165, 1.54) is 5.56 Å². The first-order chi connectivity index (χ1) is 15.1. The first-order valence-corrected chi connectivity index (χ1v) is 10.9. The Hall–Kier alpha value is -2.87. The zero-order valence-electron chi connectivity index (χ0n) is 18.5. The van der Waals surface area contributed by atoms with Crippen molar-refractivity contribution in [2.45, 2.75) is 39.7 Å². The predicted molar refractivity (Wildman–Crippen MR) is 128 cm³/mol. The zero-order chi connectivity index (χ0) is 23.2. The van der Waals surface area contributed by atoms with Crippen molar-refractivity contribution in [3.8, 4) is 5.75 Å². The average Bonchev–Trinajstić information content (AvgIpc) is 3.31. The largest absolute Gasteiger partial charge is 0.496 e. The van der Waals surface area contributed by atoms with Crippen LogP contribution in [0.3, 0.4) is 0 Å². The van der Waals surface area contributed by atoms with Crippen molar-refractivity contribution in [2.24, 2.45) is 0 Å². The first-order valence-electron chi connectivity index (χ1n) is 10.1. The van der Waals surface area contributed by atoms with Crippen LogP contribution in [0.5, 0.6) is 5.75 Å². The van der Waals surface area contributed by atoms with E-state index in [4.69, 9.17) is 14.9 Å². The van der Waals surface area contributed by atoms with E-state index < -0.39 is 0 Å². The molecule has 0 fully saturated rings. The molecule has 7 nitrogen and oxygen atoms in total. The Morgan fingerprint density at radius 1 is 1.32 bits per heavy atom. The van der Waals surface area contributed by atoms with Crippen LogP contribution < -0.4 is 15.4 Å². The number of aromatic nitrogens is 1. The summed E-state index contributed by atoms with van der Waals surface area (Å²) in [4.78, 5) is 16.7. The molecule has 0 spiro atoms. The quantitative estimate of drug-likeness (QED) is 0.495. The van der Waals surface area contributed by atoms with Crippen LogP contribution in [-0.4, -0.2) is 37.5 Å². The van der Waals surface area contributed by atoms with Gasteiger partial charge < -0.3 is 25.5 Å². The second-order valence-corrected chi connectivity index (χ2v) is 7.14. The number of pyridine rings is 1. The van der Waals surface area contributed by atoms with Gasteiger partial charge >= 0.3 is 0 Å². The molecule has 168 valence electrons. The van der Waals surface area contributed by atoms with Crippen molar-refractivity contribution in [3.63, 3.8) is 0 Å². The monoisotopic (exact) mass is 490 g/mol. The van der Waals surface area contributed by atoms with Gasteiger partial charge in [-0.1, -0.05) is 13.8 Å². The average molecular weight is 491 g/mol. The lowest BCUT2D eigenvalue weighted by Crippen LogP contribution is -2.36. The number of amides is 1. The van der Waals surface area contributed by atoms with Gasteiger partial charge in [0.15, 0.2) is 12.5 Å². The SMILES string of the molecule is C=N.CC.COc1ccc(C2=C(C(=O)N[C@@H](C)CCc3ccncc3)NCO2)cc1Br. The molecule has 0 radical (unpaired) electrons. The smallest absolute Gasteiger partial charge is 0.271 e. The molecule has 1 atom stereocenters. The summed E-state index contributed by atoms with van der Waals surface area (Å²) in [6.07, 6.45) is 5.28. The number of halogens is 1. The van der Waals surface area contributed by atoms with Gasteiger partial charge in [-0.3, -0.25) is 9.78 Å². The van der Waals surface area contributed by atoms with Crippen LogP contribution in [0.2, 0.25) is 0 Å². The van der Waals surface area contributed by atoms with Gasteiger partial charge in [-0.15, -0.1) is 0 Å². The van der Waals surface area contributed by atoms with Gasteiger partial charge in [0.05, 0.1) is 11.6 Å². The Bertz CT molecular complexity index is 859. The van der Waals surface area contributed by atoms with E-state index in [0.29, 0.717) is 11.5 Å². The molecule has 0 saturated heterocycles. The highest BCUT2D eigenvalue weighted by Crippen LogP contribution is 2.31. The van der Waals surface area contributed by atoms with Crippen molar-refractivity contribution in [1.29, 1.82) is 5.41 Å². The molecular formula is C23H31BrN4O3. The van der Waals surface area contributed by atoms with E-state index >= 15 is 0 Å². The van der Waals surface area contributed by atoms with Crippen LogP contribution in [0.1, 0.15) is 38.3 Å². The van der Waals surface area contributed by atoms with Crippen molar-refractivity contribution in [2.75, 3.05) is 13.8 Å². The summed E-state index contributed by atoms with van der Waals surface area (Å²) >= 11 is 3.47. The van der Waals surface area contributed by atoms with E-state index in [2.05, 4.69) is 38.3 Å². The van der Waals surface area contributed by atoms with Crippen LogP contribution in [0.15, 0.2) is 52.9 Å². The number of nitrogens with one attached hydrogen (secondary N) is 3. The molecular weight excluding hydrogens is 460 g/mol. The Morgan fingerprint density at radius 2 is 2.00 bits per heavy atom. The van der Waals surface area contributed by atoms with Gasteiger partial charge in [0.1, 0.15) is 11.4 Å². The fourth-order valence-electron chi connectivity index (χ4n) is 2.85. The highest BCUT2D eigenvalue weighted by molar-refractivity contribution is 9.10. The fourth-order valence-corrected chi connectivity index (χ4v) is 3.39. The second-order valence-electron chi connectivity index (χ2n) is 6.29. The number of nitrogens with zero attached hydrogens (tertiary/aromatic N) is 1. The normalized spacial score (nSPS) is 12.8. The maximum atomic E-state index is 12.7. The van der Waals surface area contributed by atoms with E-state index in [1.807, 2.05) is 51.1 Å². The molecule has 1 aromatic carbocycles. The third-order valence-corrected chi connectivity index (χ3v) is 4.95. The lowest BCUT2D eigenvalue weighted by molar-refractivity contribution is -0.118. The van der Waals surface area contributed by atoms with Crippen molar-refractivity contribution in [1.82, 2.24) is 15.6 Å². The number of aryl methyl sites for hydroxylation is 1. The molecule has 2 heterocycles. The molecule has 8 heteroatoms. The number of hydrogen-bond acceptors (Lipinski definition) is 6. The summed E-state index contributed by atoms with van der Waals surface area (Å²) in [7, 11) is 1.61. The van der Waals surface area contributed by atoms with Gasteiger partial charge in [-0.2, -0.15) is 0 Å². The molecule has 1 aliphatic rings.